The van der Waals surface area contributed by atoms with Gasteiger partial charge < -0.3 is 10.1 Å². The number of carbonyl (C=O) groups excluding carboxylic acids is 2. The van der Waals surface area contributed by atoms with Gasteiger partial charge in [0.1, 0.15) is 5.75 Å². The SMILES string of the molecule is CCOc1ccccc1C(=O)NCCc1ccc(C(C)=O)s1. The number of para-hydroxylation sites is 1. The second-order valence-corrected chi connectivity index (χ2v) is 5.93. The predicted octanol–water partition coefficient (Wildman–Crippen LogP) is 3.32. The maximum absolute atomic E-state index is 12.2. The quantitative estimate of drug-likeness (QED) is 0.797. The lowest BCUT2D eigenvalue weighted by atomic mass is 10.2. The second kappa shape index (κ2) is 7.75. The summed E-state index contributed by atoms with van der Waals surface area (Å²) in [5.41, 5.74) is 0.542. The van der Waals surface area contributed by atoms with E-state index in [9.17, 15) is 9.59 Å². The van der Waals surface area contributed by atoms with Gasteiger partial charge in [0.15, 0.2) is 5.78 Å². The lowest BCUT2D eigenvalue weighted by Crippen LogP contribution is -2.26. The average Bonchev–Trinajstić information content (AvgIpc) is 2.97. The average molecular weight is 317 g/mol. The van der Waals surface area contributed by atoms with Crippen LogP contribution in [0, 0.1) is 0 Å². The van der Waals surface area contributed by atoms with Crippen molar-refractivity contribution in [2.45, 2.75) is 20.3 Å². The molecule has 1 aromatic carbocycles. The highest BCUT2D eigenvalue weighted by molar-refractivity contribution is 7.14. The smallest absolute Gasteiger partial charge is 0.255 e. The fourth-order valence-electron chi connectivity index (χ4n) is 2.03. The number of hydrogen-bond acceptors (Lipinski definition) is 4. The summed E-state index contributed by atoms with van der Waals surface area (Å²) in [6.45, 7) is 4.49. The van der Waals surface area contributed by atoms with Crippen LogP contribution >= 0.6 is 11.3 Å². The maximum atomic E-state index is 12.2. The lowest BCUT2D eigenvalue weighted by Gasteiger charge is -2.10. The number of thiophene rings is 1. The third-order valence-corrected chi connectivity index (χ3v) is 4.34. The molecule has 0 aliphatic heterocycles. The number of hydrogen-bond donors (Lipinski definition) is 1. The summed E-state index contributed by atoms with van der Waals surface area (Å²) in [6.07, 6.45) is 0.709. The fourth-order valence-corrected chi connectivity index (χ4v) is 2.93. The van der Waals surface area contributed by atoms with E-state index in [1.807, 2.05) is 31.2 Å². The highest BCUT2D eigenvalue weighted by Crippen LogP contribution is 2.19. The first-order valence-corrected chi connectivity index (χ1v) is 8.03. The van der Waals surface area contributed by atoms with Crippen molar-refractivity contribution < 1.29 is 14.3 Å². The molecule has 0 saturated carbocycles. The van der Waals surface area contributed by atoms with Crippen molar-refractivity contribution in [3.05, 3.63) is 51.7 Å². The molecule has 1 heterocycles. The van der Waals surface area contributed by atoms with E-state index in [1.54, 1.807) is 19.1 Å². The summed E-state index contributed by atoms with van der Waals surface area (Å²) >= 11 is 1.47. The molecular weight excluding hydrogens is 298 g/mol. The van der Waals surface area contributed by atoms with Crippen molar-refractivity contribution in [1.82, 2.24) is 5.32 Å². The van der Waals surface area contributed by atoms with Gasteiger partial charge in [-0.05, 0) is 44.5 Å². The van der Waals surface area contributed by atoms with E-state index in [2.05, 4.69) is 5.32 Å². The van der Waals surface area contributed by atoms with Crippen LogP contribution < -0.4 is 10.1 Å². The normalized spacial score (nSPS) is 10.3. The highest BCUT2D eigenvalue weighted by atomic mass is 32.1. The zero-order chi connectivity index (χ0) is 15.9. The lowest BCUT2D eigenvalue weighted by molar-refractivity contribution is 0.0949. The Balaban J connectivity index is 1.91. The number of rotatable bonds is 7. The highest BCUT2D eigenvalue weighted by Gasteiger charge is 2.11. The van der Waals surface area contributed by atoms with Crippen LogP contribution in [0.2, 0.25) is 0 Å². The van der Waals surface area contributed by atoms with Gasteiger partial charge >= 0.3 is 0 Å². The van der Waals surface area contributed by atoms with Crippen LogP contribution in [-0.2, 0) is 6.42 Å². The standard InChI is InChI=1S/C17H19NO3S/c1-3-21-15-7-5-4-6-14(15)17(20)18-11-10-13-8-9-16(22-13)12(2)19/h4-9H,3,10-11H2,1-2H3,(H,18,20). The first kappa shape index (κ1) is 16.2. The Bertz CT molecular complexity index is 663. The maximum Gasteiger partial charge on any atom is 0.255 e. The van der Waals surface area contributed by atoms with Crippen molar-refractivity contribution in [3.8, 4) is 5.75 Å². The third-order valence-electron chi connectivity index (χ3n) is 3.10. The summed E-state index contributed by atoms with van der Waals surface area (Å²) in [5, 5.41) is 2.89. The van der Waals surface area contributed by atoms with Crippen LogP contribution in [0.5, 0.6) is 5.75 Å². The van der Waals surface area contributed by atoms with E-state index in [1.165, 1.54) is 11.3 Å². The summed E-state index contributed by atoms with van der Waals surface area (Å²) in [5.74, 6) is 0.524. The van der Waals surface area contributed by atoms with Gasteiger partial charge in [-0.1, -0.05) is 12.1 Å². The molecule has 5 heteroatoms. The molecule has 2 aromatic rings. The van der Waals surface area contributed by atoms with Gasteiger partial charge in [-0.3, -0.25) is 9.59 Å². The van der Waals surface area contributed by atoms with Crippen molar-refractivity contribution in [2.75, 3.05) is 13.2 Å². The molecule has 0 aliphatic rings. The Morgan fingerprint density at radius 2 is 1.95 bits per heavy atom. The van der Waals surface area contributed by atoms with E-state index < -0.39 is 0 Å². The monoisotopic (exact) mass is 317 g/mol. The number of nitrogens with one attached hydrogen (secondary N) is 1. The molecule has 0 spiro atoms. The number of benzene rings is 1. The largest absolute Gasteiger partial charge is 0.493 e. The first-order valence-electron chi connectivity index (χ1n) is 7.21. The molecule has 1 N–H and O–H groups in total. The minimum Gasteiger partial charge on any atom is -0.493 e. The molecule has 0 unspecified atom stereocenters. The van der Waals surface area contributed by atoms with Crippen LogP contribution in [0.4, 0.5) is 0 Å². The molecule has 0 aliphatic carbocycles. The van der Waals surface area contributed by atoms with Crippen molar-refractivity contribution in [3.63, 3.8) is 0 Å². The van der Waals surface area contributed by atoms with Crippen molar-refractivity contribution >= 4 is 23.0 Å². The van der Waals surface area contributed by atoms with Crippen LogP contribution in [0.15, 0.2) is 36.4 Å². The van der Waals surface area contributed by atoms with Crippen LogP contribution in [0.3, 0.4) is 0 Å². The summed E-state index contributed by atoms with van der Waals surface area (Å²) in [6, 6.07) is 11.0. The van der Waals surface area contributed by atoms with E-state index in [0.717, 1.165) is 9.75 Å². The van der Waals surface area contributed by atoms with Crippen LogP contribution in [0.25, 0.3) is 0 Å². The van der Waals surface area contributed by atoms with Gasteiger partial charge in [-0.2, -0.15) is 0 Å². The molecule has 4 nitrogen and oxygen atoms in total. The van der Waals surface area contributed by atoms with Gasteiger partial charge in [0.05, 0.1) is 17.0 Å². The van der Waals surface area contributed by atoms with Gasteiger partial charge in [0, 0.05) is 11.4 Å². The van der Waals surface area contributed by atoms with Crippen LogP contribution in [0.1, 0.15) is 38.8 Å². The van der Waals surface area contributed by atoms with E-state index >= 15 is 0 Å². The summed E-state index contributed by atoms with van der Waals surface area (Å²) in [4.78, 5) is 25.3. The van der Waals surface area contributed by atoms with Gasteiger partial charge in [0.25, 0.3) is 5.91 Å². The Morgan fingerprint density at radius 1 is 1.18 bits per heavy atom. The number of ether oxygens (including phenoxy) is 1. The first-order chi connectivity index (χ1) is 10.6. The number of carbonyl (C=O) groups is 2. The minimum absolute atomic E-state index is 0.0749. The van der Waals surface area contributed by atoms with Gasteiger partial charge in [0.2, 0.25) is 0 Å². The summed E-state index contributed by atoms with van der Waals surface area (Å²) < 4.78 is 5.46. The second-order valence-electron chi connectivity index (χ2n) is 4.76. The zero-order valence-electron chi connectivity index (χ0n) is 12.7. The van der Waals surface area contributed by atoms with Crippen LogP contribution in [-0.4, -0.2) is 24.8 Å². The number of Topliss-reactive ketones (excluding diaryl/α,β-unsaturated/α-hetero) is 1. The summed E-state index contributed by atoms with van der Waals surface area (Å²) in [7, 11) is 0. The number of amides is 1. The van der Waals surface area contributed by atoms with E-state index in [0.29, 0.717) is 30.9 Å². The molecule has 1 aromatic heterocycles. The van der Waals surface area contributed by atoms with Gasteiger partial charge in [-0.25, -0.2) is 0 Å². The molecule has 0 atom stereocenters. The third kappa shape index (κ3) is 4.18. The van der Waals surface area contributed by atoms with Crippen molar-refractivity contribution in [2.24, 2.45) is 0 Å². The molecule has 2 rings (SSSR count). The Kier molecular flexibility index (Phi) is 5.72. The predicted molar refractivity (Wildman–Crippen MR) is 88.0 cm³/mol. The molecule has 1 amide bonds. The Labute approximate surface area is 134 Å². The van der Waals surface area contributed by atoms with Crippen molar-refractivity contribution in [1.29, 1.82) is 0 Å². The molecule has 116 valence electrons. The minimum atomic E-state index is -0.146. The van der Waals surface area contributed by atoms with E-state index in [4.69, 9.17) is 4.74 Å². The molecule has 22 heavy (non-hydrogen) atoms. The molecule has 0 saturated heterocycles. The zero-order valence-corrected chi connectivity index (χ0v) is 13.5. The Morgan fingerprint density at radius 3 is 2.64 bits per heavy atom. The molecule has 0 radical (unpaired) electrons. The fraction of sp³-hybridized carbons (Fsp3) is 0.294. The molecule has 0 bridgehead atoms. The number of ketones is 1. The van der Waals surface area contributed by atoms with E-state index in [-0.39, 0.29) is 11.7 Å². The topological polar surface area (TPSA) is 55.4 Å². The van der Waals surface area contributed by atoms with Gasteiger partial charge in [-0.15, -0.1) is 11.3 Å². The molecular formula is C17H19NO3S. The molecule has 0 fully saturated rings. The Hall–Kier alpha value is -2.14.